The molecule has 4 aliphatic rings. The van der Waals surface area contributed by atoms with Crippen molar-refractivity contribution in [1.29, 1.82) is 0 Å². The molecule has 2 aromatic rings. The molecule has 0 aliphatic heterocycles. The summed E-state index contributed by atoms with van der Waals surface area (Å²) in [7, 11) is 0. The Morgan fingerprint density at radius 2 is 1.62 bits per heavy atom. The van der Waals surface area contributed by atoms with E-state index in [1.54, 1.807) is 0 Å². The van der Waals surface area contributed by atoms with Gasteiger partial charge in [0.1, 0.15) is 11.5 Å². The van der Waals surface area contributed by atoms with Crippen molar-refractivity contribution in [2.24, 2.45) is 0 Å². The molecule has 0 aromatic heterocycles. The van der Waals surface area contributed by atoms with Crippen molar-refractivity contribution < 1.29 is 15.0 Å². The molecule has 24 heavy (non-hydrogen) atoms. The molecular formula is C21H24O3. The van der Waals surface area contributed by atoms with Gasteiger partial charge in [0, 0.05) is 6.42 Å². The highest BCUT2D eigenvalue weighted by molar-refractivity contribution is 6.00. The van der Waals surface area contributed by atoms with Crippen molar-refractivity contribution in [3.05, 3.63) is 58.1 Å². The largest absolute Gasteiger partial charge is 0.508 e. The first-order chi connectivity index (χ1) is 11.6. The van der Waals surface area contributed by atoms with Gasteiger partial charge in [-0.05, 0) is 60.4 Å². The fourth-order valence-corrected chi connectivity index (χ4v) is 3.38. The van der Waals surface area contributed by atoms with Gasteiger partial charge in [0.05, 0.1) is 5.56 Å². The van der Waals surface area contributed by atoms with Crippen LogP contribution >= 0.6 is 0 Å². The van der Waals surface area contributed by atoms with Crippen molar-refractivity contribution in [3.63, 3.8) is 0 Å². The van der Waals surface area contributed by atoms with Gasteiger partial charge in [-0.25, -0.2) is 0 Å². The zero-order chi connectivity index (χ0) is 17.1. The summed E-state index contributed by atoms with van der Waals surface area (Å²) < 4.78 is 0. The van der Waals surface area contributed by atoms with Gasteiger partial charge >= 0.3 is 0 Å². The van der Waals surface area contributed by atoms with E-state index >= 15 is 0 Å². The number of unbranched alkanes of at least 4 members (excludes halogenated alkanes) is 1. The van der Waals surface area contributed by atoms with Crippen LogP contribution in [-0.2, 0) is 25.7 Å². The Hall–Kier alpha value is -2.29. The van der Waals surface area contributed by atoms with Crippen LogP contribution in [-0.4, -0.2) is 16.0 Å². The smallest absolute Gasteiger partial charge is 0.166 e. The van der Waals surface area contributed by atoms with E-state index in [9.17, 15) is 15.0 Å². The zero-order valence-electron chi connectivity index (χ0n) is 14.1. The molecule has 2 aromatic carbocycles. The molecule has 0 atom stereocenters. The maximum Gasteiger partial charge on any atom is 0.166 e. The van der Waals surface area contributed by atoms with Crippen LogP contribution < -0.4 is 0 Å². The van der Waals surface area contributed by atoms with E-state index in [0.717, 1.165) is 41.5 Å². The number of carbonyl (C=O) groups is 1. The first kappa shape index (κ1) is 16.6. The average Bonchev–Trinajstić information content (AvgIpc) is 2.56. The average molecular weight is 324 g/mol. The van der Waals surface area contributed by atoms with Crippen molar-refractivity contribution in [2.75, 3.05) is 0 Å². The second kappa shape index (κ2) is 7.08. The molecule has 126 valence electrons. The standard InChI is InChI=1S/C21H24O3/c1-2-3-4-18(22)20-16-10-9-15-7-5-14(13-19(15)23)6-8-17(12-11-16)21(20)24/h5,7,11-13,23-24H,2-4,6,8-10H2,1H3. The summed E-state index contributed by atoms with van der Waals surface area (Å²) in [5, 5.41) is 20.9. The summed E-state index contributed by atoms with van der Waals surface area (Å²) in [6.07, 6.45) is 4.93. The number of aromatic hydroxyl groups is 2. The molecule has 3 heteroatoms. The first-order valence-electron chi connectivity index (χ1n) is 8.77. The Balaban J connectivity index is 2.02. The van der Waals surface area contributed by atoms with E-state index in [1.807, 2.05) is 30.3 Å². The molecule has 0 fully saturated rings. The van der Waals surface area contributed by atoms with Crippen LogP contribution in [0, 0.1) is 0 Å². The third-order valence-electron chi connectivity index (χ3n) is 4.88. The van der Waals surface area contributed by atoms with Crippen LogP contribution in [0.5, 0.6) is 11.5 Å². The van der Waals surface area contributed by atoms with Crippen molar-refractivity contribution in [2.45, 2.75) is 51.9 Å². The number of Topliss-reactive ketones (excluding diaryl/α,β-unsaturated/α-hetero) is 1. The lowest BCUT2D eigenvalue weighted by Crippen LogP contribution is -2.08. The fourth-order valence-electron chi connectivity index (χ4n) is 3.38. The van der Waals surface area contributed by atoms with Gasteiger partial charge in [-0.3, -0.25) is 4.79 Å². The Morgan fingerprint density at radius 3 is 2.38 bits per heavy atom. The Morgan fingerprint density at radius 1 is 0.958 bits per heavy atom. The minimum Gasteiger partial charge on any atom is -0.508 e. The molecule has 0 spiro atoms. The lowest BCUT2D eigenvalue weighted by Gasteiger charge is -2.17. The molecule has 6 rings (SSSR count). The third kappa shape index (κ3) is 3.30. The molecule has 4 bridgehead atoms. The van der Waals surface area contributed by atoms with Crippen molar-refractivity contribution >= 4 is 5.78 Å². The summed E-state index contributed by atoms with van der Waals surface area (Å²) in [6.45, 7) is 2.06. The number of phenols is 2. The molecule has 4 aliphatic carbocycles. The molecule has 3 nitrogen and oxygen atoms in total. The third-order valence-corrected chi connectivity index (χ3v) is 4.88. The molecule has 0 unspecified atom stereocenters. The SMILES string of the molecule is CCCCC(=O)c1c2ccc(c1O)CCc1ccc(c(O)c1)CC2. The minimum absolute atomic E-state index is 0.0291. The summed E-state index contributed by atoms with van der Waals surface area (Å²) in [5.74, 6) is 0.514. The molecular weight excluding hydrogens is 300 g/mol. The van der Waals surface area contributed by atoms with Crippen LogP contribution in [0.1, 0.15) is 58.8 Å². The number of carbonyl (C=O) groups excluding carboxylic acids is 1. The highest BCUT2D eigenvalue weighted by atomic mass is 16.3. The van der Waals surface area contributed by atoms with Crippen molar-refractivity contribution in [3.8, 4) is 11.5 Å². The number of aryl methyl sites for hydroxylation is 4. The highest BCUT2D eigenvalue weighted by Crippen LogP contribution is 2.32. The molecule has 0 saturated carbocycles. The Labute approximate surface area is 143 Å². The summed E-state index contributed by atoms with van der Waals surface area (Å²) >= 11 is 0. The molecule has 0 radical (unpaired) electrons. The van der Waals surface area contributed by atoms with Crippen LogP contribution in [0.2, 0.25) is 0 Å². The first-order valence-corrected chi connectivity index (χ1v) is 8.77. The van der Waals surface area contributed by atoms with Gasteiger partial charge in [-0.1, -0.05) is 37.6 Å². The maximum atomic E-state index is 12.6. The molecule has 2 N–H and O–H groups in total. The molecule has 0 heterocycles. The normalized spacial score (nSPS) is 13.5. The molecule has 0 saturated heterocycles. The van der Waals surface area contributed by atoms with E-state index in [4.69, 9.17) is 0 Å². The second-order valence-corrected chi connectivity index (χ2v) is 6.60. The predicted molar refractivity (Wildman–Crippen MR) is 94.9 cm³/mol. The lowest BCUT2D eigenvalue weighted by atomic mass is 9.89. The Kier molecular flexibility index (Phi) is 4.89. The van der Waals surface area contributed by atoms with Crippen LogP contribution in [0.25, 0.3) is 0 Å². The second-order valence-electron chi connectivity index (χ2n) is 6.60. The number of phenolic OH excluding ortho intramolecular Hbond substituents is 2. The highest BCUT2D eigenvalue weighted by Gasteiger charge is 2.20. The summed E-state index contributed by atoms with van der Waals surface area (Å²) in [6, 6.07) is 9.73. The van der Waals surface area contributed by atoms with E-state index < -0.39 is 0 Å². The van der Waals surface area contributed by atoms with E-state index in [-0.39, 0.29) is 11.5 Å². The quantitative estimate of drug-likeness (QED) is 0.822. The van der Waals surface area contributed by atoms with Crippen molar-refractivity contribution in [1.82, 2.24) is 0 Å². The number of hydrogen-bond acceptors (Lipinski definition) is 3. The van der Waals surface area contributed by atoms with Gasteiger partial charge in [0.15, 0.2) is 5.78 Å². The van der Waals surface area contributed by atoms with Gasteiger partial charge < -0.3 is 10.2 Å². The molecule has 0 amide bonds. The maximum absolute atomic E-state index is 12.6. The van der Waals surface area contributed by atoms with Gasteiger partial charge in [0.25, 0.3) is 0 Å². The van der Waals surface area contributed by atoms with E-state index in [0.29, 0.717) is 37.0 Å². The fraction of sp³-hybridized carbons (Fsp3) is 0.381. The van der Waals surface area contributed by atoms with Gasteiger partial charge in [-0.15, -0.1) is 0 Å². The number of ketones is 1. The minimum atomic E-state index is 0.0291. The van der Waals surface area contributed by atoms with E-state index in [1.165, 1.54) is 0 Å². The van der Waals surface area contributed by atoms with Crippen LogP contribution in [0.3, 0.4) is 0 Å². The van der Waals surface area contributed by atoms with Crippen LogP contribution in [0.15, 0.2) is 30.3 Å². The number of hydrogen-bond donors (Lipinski definition) is 2. The summed E-state index contributed by atoms with van der Waals surface area (Å²) in [4.78, 5) is 12.6. The van der Waals surface area contributed by atoms with Crippen LogP contribution in [0.4, 0.5) is 0 Å². The summed E-state index contributed by atoms with van der Waals surface area (Å²) in [5.41, 5.74) is 4.11. The van der Waals surface area contributed by atoms with E-state index in [2.05, 4.69) is 6.92 Å². The zero-order valence-corrected chi connectivity index (χ0v) is 14.1. The number of benzene rings is 2. The number of rotatable bonds is 4. The Bertz CT molecular complexity index is 762. The predicted octanol–water partition coefficient (Wildman–Crippen LogP) is 4.35. The monoisotopic (exact) mass is 324 g/mol. The topological polar surface area (TPSA) is 57.5 Å². The van der Waals surface area contributed by atoms with Gasteiger partial charge in [-0.2, -0.15) is 0 Å². The van der Waals surface area contributed by atoms with Gasteiger partial charge in [0.2, 0.25) is 0 Å². The lowest BCUT2D eigenvalue weighted by molar-refractivity contribution is 0.0976.